The van der Waals surface area contributed by atoms with Gasteiger partial charge in [-0.3, -0.25) is 0 Å². The van der Waals surface area contributed by atoms with Crippen molar-refractivity contribution in [1.29, 1.82) is 0 Å². The molecule has 0 aliphatic carbocycles. The maximum atomic E-state index is 5.90. The van der Waals surface area contributed by atoms with E-state index in [1.165, 1.54) is 5.56 Å². The molecule has 0 amide bonds. The lowest BCUT2D eigenvalue weighted by molar-refractivity contribution is 0.297. The van der Waals surface area contributed by atoms with Gasteiger partial charge in [0.25, 0.3) is 0 Å². The number of benzene rings is 4. The first-order valence-electron chi connectivity index (χ1n) is 10.1. The molecule has 4 aromatic rings. The predicted molar refractivity (Wildman–Crippen MR) is 122 cm³/mol. The molecule has 0 radical (unpaired) electrons. The SMILES string of the molecule is c1ccc(CNc2ccc(COc3ccc(OCc4ccccc4)cc3)cc2)cc1. The highest BCUT2D eigenvalue weighted by Gasteiger charge is 2.00. The van der Waals surface area contributed by atoms with Crippen LogP contribution >= 0.6 is 0 Å². The zero-order chi connectivity index (χ0) is 20.4. The van der Waals surface area contributed by atoms with Gasteiger partial charge in [0.05, 0.1) is 0 Å². The molecule has 0 bridgehead atoms. The van der Waals surface area contributed by atoms with Gasteiger partial charge in [-0.2, -0.15) is 0 Å². The lowest BCUT2D eigenvalue weighted by Crippen LogP contribution is -2.00. The topological polar surface area (TPSA) is 30.5 Å². The van der Waals surface area contributed by atoms with E-state index in [-0.39, 0.29) is 0 Å². The number of nitrogens with one attached hydrogen (secondary N) is 1. The van der Waals surface area contributed by atoms with Crippen molar-refractivity contribution in [2.75, 3.05) is 5.32 Å². The van der Waals surface area contributed by atoms with Crippen molar-refractivity contribution in [2.45, 2.75) is 19.8 Å². The molecule has 0 spiro atoms. The van der Waals surface area contributed by atoms with Gasteiger partial charge in [-0.15, -0.1) is 0 Å². The molecule has 150 valence electrons. The number of rotatable bonds is 9. The van der Waals surface area contributed by atoms with Crippen molar-refractivity contribution < 1.29 is 9.47 Å². The van der Waals surface area contributed by atoms with E-state index in [9.17, 15) is 0 Å². The second kappa shape index (κ2) is 10.2. The van der Waals surface area contributed by atoms with E-state index in [4.69, 9.17) is 9.47 Å². The summed E-state index contributed by atoms with van der Waals surface area (Å²) in [5, 5.41) is 3.44. The van der Waals surface area contributed by atoms with Crippen LogP contribution in [0.5, 0.6) is 11.5 Å². The average Bonchev–Trinajstić information content (AvgIpc) is 2.83. The minimum Gasteiger partial charge on any atom is -0.489 e. The van der Waals surface area contributed by atoms with E-state index in [0.717, 1.165) is 34.9 Å². The smallest absolute Gasteiger partial charge is 0.120 e. The van der Waals surface area contributed by atoms with E-state index in [1.54, 1.807) is 0 Å². The molecule has 0 heterocycles. The third kappa shape index (κ3) is 5.89. The number of hydrogen-bond donors (Lipinski definition) is 1. The lowest BCUT2D eigenvalue weighted by Gasteiger charge is -2.10. The van der Waals surface area contributed by atoms with Crippen molar-refractivity contribution in [3.05, 3.63) is 126 Å². The molecule has 30 heavy (non-hydrogen) atoms. The van der Waals surface area contributed by atoms with Crippen molar-refractivity contribution in [1.82, 2.24) is 0 Å². The molecule has 0 aliphatic heterocycles. The summed E-state index contributed by atoms with van der Waals surface area (Å²) < 4.78 is 11.7. The minimum atomic E-state index is 0.531. The Morgan fingerprint density at radius 1 is 0.467 bits per heavy atom. The molecule has 4 aromatic carbocycles. The van der Waals surface area contributed by atoms with Gasteiger partial charge >= 0.3 is 0 Å². The number of anilines is 1. The molecule has 1 N–H and O–H groups in total. The Balaban J connectivity index is 1.23. The average molecular weight is 396 g/mol. The van der Waals surface area contributed by atoms with Crippen LogP contribution in [0.25, 0.3) is 0 Å². The summed E-state index contributed by atoms with van der Waals surface area (Å²) in [6.45, 7) is 1.91. The molecule has 4 rings (SSSR count). The van der Waals surface area contributed by atoms with E-state index < -0.39 is 0 Å². The first-order chi connectivity index (χ1) is 14.8. The summed E-state index contributed by atoms with van der Waals surface area (Å²) in [6.07, 6.45) is 0. The van der Waals surface area contributed by atoms with Crippen LogP contribution in [0.15, 0.2) is 109 Å². The first kappa shape index (κ1) is 19.6. The molecule has 3 heteroatoms. The number of ether oxygens (including phenoxy) is 2. The zero-order valence-corrected chi connectivity index (χ0v) is 16.8. The van der Waals surface area contributed by atoms with Gasteiger partial charge in [-0.25, -0.2) is 0 Å². The third-order valence-corrected chi connectivity index (χ3v) is 4.77. The van der Waals surface area contributed by atoms with Gasteiger partial charge in [0.1, 0.15) is 24.7 Å². The lowest BCUT2D eigenvalue weighted by atomic mass is 10.2. The maximum absolute atomic E-state index is 5.90. The van der Waals surface area contributed by atoms with Crippen LogP contribution in [0.4, 0.5) is 5.69 Å². The Hall–Kier alpha value is -3.72. The summed E-state index contributed by atoms with van der Waals surface area (Å²) in [5.41, 5.74) is 4.65. The van der Waals surface area contributed by atoms with Crippen LogP contribution in [0.1, 0.15) is 16.7 Å². The fourth-order valence-electron chi connectivity index (χ4n) is 3.06. The van der Waals surface area contributed by atoms with Gasteiger partial charge in [-0.05, 0) is 53.1 Å². The van der Waals surface area contributed by atoms with Crippen LogP contribution in [0, 0.1) is 0 Å². The zero-order valence-electron chi connectivity index (χ0n) is 16.8. The monoisotopic (exact) mass is 395 g/mol. The molecule has 0 aromatic heterocycles. The fourth-order valence-corrected chi connectivity index (χ4v) is 3.06. The summed E-state index contributed by atoms with van der Waals surface area (Å²) in [6, 6.07) is 36.6. The Kier molecular flexibility index (Phi) is 6.64. The van der Waals surface area contributed by atoms with Crippen molar-refractivity contribution in [2.24, 2.45) is 0 Å². The van der Waals surface area contributed by atoms with Crippen LogP contribution < -0.4 is 14.8 Å². The second-order valence-corrected chi connectivity index (χ2v) is 7.07. The quantitative estimate of drug-likeness (QED) is 0.353. The van der Waals surface area contributed by atoms with Gasteiger partial charge in [0.15, 0.2) is 0 Å². The van der Waals surface area contributed by atoms with Crippen molar-refractivity contribution >= 4 is 5.69 Å². The van der Waals surface area contributed by atoms with E-state index in [0.29, 0.717) is 13.2 Å². The molecule has 0 fully saturated rings. The van der Waals surface area contributed by atoms with Crippen LogP contribution in [0.2, 0.25) is 0 Å². The maximum Gasteiger partial charge on any atom is 0.120 e. The van der Waals surface area contributed by atoms with E-state index >= 15 is 0 Å². The van der Waals surface area contributed by atoms with Crippen molar-refractivity contribution in [3.63, 3.8) is 0 Å². The van der Waals surface area contributed by atoms with Crippen LogP contribution in [0.3, 0.4) is 0 Å². The molecule has 0 atom stereocenters. The van der Waals surface area contributed by atoms with Gasteiger partial charge in [0.2, 0.25) is 0 Å². The summed E-state index contributed by atoms with van der Waals surface area (Å²) in [5.74, 6) is 1.66. The molecule has 0 saturated heterocycles. The summed E-state index contributed by atoms with van der Waals surface area (Å²) in [7, 11) is 0. The molecule has 3 nitrogen and oxygen atoms in total. The molecule has 0 saturated carbocycles. The Morgan fingerprint density at radius 2 is 0.933 bits per heavy atom. The minimum absolute atomic E-state index is 0.531. The summed E-state index contributed by atoms with van der Waals surface area (Å²) in [4.78, 5) is 0. The summed E-state index contributed by atoms with van der Waals surface area (Å²) >= 11 is 0. The standard InChI is InChI=1S/C27H25NO2/c1-3-7-22(8-4-1)19-28-25-13-11-24(12-14-25)21-30-27-17-15-26(16-18-27)29-20-23-9-5-2-6-10-23/h1-18,28H,19-21H2. The second-order valence-electron chi connectivity index (χ2n) is 7.07. The van der Waals surface area contributed by atoms with E-state index in [2.05, 4.69) is 66.0 Å². The predicted octanol–water partition coefficient (Wildman–Crippen LogP) is 6.46. The van der Waals surface area contributed by atoms with Crippen LogP contribution in [-0.4, -0.2) is 0 Å². The Labute approximate surface area is 177 Å². The normalized spacial score (nSPS) is 10.4. The highest BCUT2D eigenvalue weighted by Crippen LogP contribution is 2.20. The van der Waals surface area contributed by atoms with Crippen LogP contribution in [-0.2, 0) is 19.8 Å². The Morgan fingerprint density at radius 3 is 1.47 bits per heavy atom. The molecular formula is C27H25NO2. The number of hydrogen-bond acceptors (Lipinski definition) is 3. The van der Waals surface area contributed by atoms with Gasteiger partial charge in [-0.1, -0.05) is 72.8 Å². The Bertz CT molecular complexity index is 927. The van der Waals surface area contributed by atoms with E-state index in [1.807, 2.05) is 48.5 Å². The third-order valence-electron chi connectivity index (χ3n) is 4.77. The largest absolute Gasteiger partial charge is 0.489 e. The van der Waals surface area contributed by atoms with Gasteiger partial charge in [0, 0.05) is 12.2 Å². The molecule has 0 aliphatic rings. The molecular weight excluding hydrogens is 370 g/mol. The first-order valence-corrected chi connectivity index (χ1v) is 10.1. The highest BCUT2D eigenvalue weighted by molar-refractivity contribution is 5.45. The van der Waals surface area contributed by atoms with Crippen molar-refractivity contribution in [3.8, 4) is 11.5 Å². The fraction of sp³-hybridized carbons (Fsp3) is 0.111. The highest BCUT2D eigenvalue weighted by atomic mass is 16.5. The molecule has 0 unspecified atom stereocenters. The van der Waals surface area contributed by atoms with Gasteiger partial charge < -0.3 is 14.8 Å².